The Morgan fingerprint density at radius 1 is 1.02 bits per heavy atom. The first-order chi connectivity index (χ1) is 30.1. The molecule has 8 atom stereocenters. The molecule has 0 radical (unpaired) electrons. The lowest BCUT2D eigenvalue weighted by molar-refractivity contribution is -0.150. The zero-order chi connectivity index (χ0) is 45.1. The summed E-state index contributed by atoms with van der Waals surface area (Å²) in [5.74, 6) is -0.159. The Labute approximate surface area is 368 Å². The number of nitrogens with zero attached hydrogens (tertiary/aromatic N) is 4. The Morgan fingerprint density at radius 3 is 2.33 bits per heavy atom. The van der Waals surface area contributed by atoms with Crippen LogP contribution in [0.5, 0.6) is 0 Å². The molecule has 2 saturated heterocycles. The standard InChI is InChI=1S/C41H52N7O12PSSi/c1-24(2)19-42-40-44-36-33(38(53)45-40)43-23-48(36)39-34(51)35(30(21-49)59-39)60-61(62,55-16-17-63(5,27-12-8-6-9-13-27)28-14-10-7-11-15-28)56-22-31-29(57-26(4)50)18-32(58-31)47-20-25(3)37(52)46-41(47)54/h6-15,20,23-24,29-32,34-35,39,49,51H,16-19,21-22H2,1-5H3,(H,46,52,54)(H2,42,44,45,53)/t29-,30+,31+,32+,34+,35+,39+,61?/m0/s1. The highest BCUT2D eigenvalue weighted by molar-refractivity contribution is 8.07. The van der Waals surface area contributed by atoms with E-state index in [1.54, 1.807) is 6.92 Å². The van der Waals surface area contributed by atoms with Gasteiger partial charge in [-0.05, 0) is 30.7 Å². The van der Waals surface area contributed by atoms with Crippen molar-refractivity contribution in [2.75, 3.05) is 31.7 Å². The molecule has 0 spiro atoms. The van der Waals surface area contributed by atoms with Crippen LogP contribution in [0.2, 0.25) is 12.6 Å². The van der Waals surface area contributed by atoms with Crippen molar-refractivity contribution in [3.8, 4) is 0 Å². The summed E-state index contributed by atoms with van der Waals surface area (Å²) in [5.41, 5.74) is -1.38. The van der Waals surface area contributed by atoms with Gasteiger partial charge < -0.3 is 38.8 Å². The number of H-pyrrole nitrogens is 2. The molecule has 0 aliphatic carbocycles. The quantitative estimate of drug-likeness (QED) is 0.0480. The van der Waals surface area contributed by atoms with Crippen molar-refractivity contribution in [2.24, 2.45) is 5.92 Å². The van der Waals surface area contributed by atoms with Crippen LogP contribution in [0.15, 0.2) is 87.6 Å². The van der Waals surface area contributed by atoms with E-state index in [-0.39, 0.29) is 48.2 Å². The molecule has 2 fully saturated rings. The molecule has 5 heterocycles. The number of imidazole rings is 1. The maximum absolute atomic E-state index is 13.0. The van der Waals surface area contributed by atoms with E-state index in [1.165, 1.54) is 28.6 Å². The first-order valence-corrected chi connectivity index (χ1v) is 25.8. The van der Waals surface area contributed by atoms with E-state index in [1.807, 2.05) is 50.2 Å². The molecule has 2 aromatic carbocycles. The van der Waals surface area contributed by atoms with Gasteiger partial charge in [0.2, 0.25) is 5.95 Å². The zero-order valence-electron chi connectivity index (χ0n) is 35.4. The molecule has 7 rings (SSSR count). The van der Waals surface area contributed by atoms with E-state index in [4.69, 9.17) is 39.6 Å². The molecule has 63 heavy (non-hydrogen) atoms. The van der Waals surface area contributed by atoms with Gasteiger partial charge in [0.05, 0.1) is 26.1 Å². The highest BCUT2D eigenvalue weighted by atomic mass is 32.5. The largest absolute Gasteiger partial charge is 0.460 e. The third-order valence-electron chi connectivity index (χ3n) is 11.1. The number of benzene rings is 2. The molecule has 22 heteroatoms. The fourth-order valence-corrected chi connectivity index (χ4v) is 13.3. The van der Waals surface area contributed by atoms with E-state index in [0.717, 1.165) is 10.4 Å². The lowest BCUT2D eigenvalue weighted by atomic mass is 10.1. The third kappa shape index (κ3) is 10.3. The molecule has 5 N–H and O–H groups in total. The normalized spacial score (nSPS) is 23.6. The Kier molecular flexibility index (Phi) is 14.4. The molecule has 2 aliphatic rings. The minimum atomic E-state index is -3.98. The van der Waals surface area contributed by atoms with Crippen LogP contribution in [0.3, 0.4) is 0 Å². The number of fused-ring (bicyclic) bond motifs is 1. The Balaban J connectivity index is 1.18. The summed E-state index contributed by atoms with van der Waals surface area (Å²) in [6.45, 7) is 4.65. The van der Waals surface area contributed by atoms with Gasteiger partial charge in [0.15, 0.2) is 17.4 Å². The average molecular weight is 926 g/mol. The second kappa shape index (κ2) is 19.6. The fraction of sp³-hybridized carbons (Fsp3) is 0.463. The van der Waals surface area contributed by atoms with Crippen molar-refractivity contribution in [1.82, 2.24) is 29.1 Å². The monoisotopic (exact) mass is 925 g/mol. The average Bonchev–Trinajstić information content (AvgIpc) is 3.95. The highest BCUT2D eigenvalue weighted by Gasteiger charge is 2.49. The third-order valence-corrected chi connectivity index (χ3v) is 17.9. The Hall–Kier alpha value is -4.67. The van der Waals surface area contributed by atoms with Gasteiger partial charge >= 0.3 is 18.4 Å². The predicted molar refractivity (Wildman–Crippen MR) is 238 cm³/mol. The zero-order valence-corrected chi connectivity index (χ0v) is 38.1. The van der Waals surface area contributed by atoms with Gasteiger partial charge in [0.25, 0.3) is 11.1 Å². The van der Waals surface area contributed by atoms with Crippen LogP contribution < -0.4 is 32.5 Å². The van der Waals surface area contributed by atoms with Crippen LogP contribution >= 0.6 is 6.72 Å². The molecule has 0 saturated carbocycles. The number of hydrogen-bond donors (Lipinski definition) is 5. The fourth-order valence-electron chi connectivity index (χ4n) is 7.72. The number of hydrogen-bond acceptors (Lipinski definition) is 16. The van der Waals surface area contributed by atoms with Crippen LogP contribution in [0.25, 0.3) is 11.2 Å². The van der Waals surface area contributed by atoms with Gasteiger partial charge in [-0.25, -0.2) is 9.78 Å². The summed E-state index contributed by atoms with van der Waals surface area (Å²) < 4.78 is 40.0. The maximum Gasteiger partial charge on any atom is 0.330 e. The van der Waals surface area contributed by atoms with Gasteiger partial charge in [-0.3, -0.25) is 38.0 Å². The first-order valence-electron chi connectivity index (χ1n) is 20.6. The van der Waals surface area contributed by atoms with Gasteiger partial charge in [-0.1, -0.05) is 91.4 Å². The molecule has 338 valence electrons. The lowest BCUT2D eigenvalue weighted by Crippen LogP contribution is -2.56. The van der Waals surface area contributed by atoms with Crippen LogP contribution in [0, 0.1) is 12.8 Å². The number of carbonyl (C=O) groups is 1. The number of esters is 1. The van der Waals surface area contributed by atoms with E-state index in [2.05, 4.69) is 56.1 Å². The van der Waals surface area contributed by atoms with Crippen LogP contribution in [0.4, 0.5) is 5.95 Å². The second-order valence-corrected chi connectivity index (χ2v) is 23.5. The number of aromatic amines is 2. The number of carbonyl (C=O) groups excluding carboxylic acids is 1. The molecule has 19 nitrogen and oxygen atoms in total. The second-order valence-electron chi connectivity index (χ2n) is 16.2. The topological polar surface area (TPSA) is 243 Å². The maximum atomic E-state index is 13.0. The molecular formula is C41H52N7O12PSSi. The Bertz CT molecular complexity index is 2570. The first kappa shape index (κ1) is 46.3. The SMILES string of the molecule is CC(=O)O[C@H]1C[C@H](n2cc(C)c(=O)[nH]c2=O)O[C@@H]1COP(=S)(OCC[Si](C)(c1ccccc1)c1ccccc1)O[C@H]1[C@@H](O)[C@H](n2cnc3c(=O)[nH]c(NCC(C)C)nc32)O[C@@H]1CO. The smallest absolute Gasteiger partial charge is 0.330 e. The molecule has 0 amide bonds. The van der Waals surface area contributed by atoms with Gasteiger partial charge in [0, 0.05) is 31.6 Å². The highest BCUT2D eigenvalue weighted by Crippen LogP contribution is 2.54. The molecule has 2 aliphatic heterocycles. The molecule has 3 aromatic heterocycles. The van der Waals surface area contributed by atoms with E-state index in [9.17, 15) is 29.4 Å². The number of aryl methyl sites for hydroxylation is 1. The molecule has 1 unspecified atom stereocenters. The number of rotatable bonds is 18. The van der Waals surface area contributed by atoms with Crippen molar-refractivity contribution in [2.45, 2.75) is 89.7 Å². The van der Waals surface area contributed by atoms with Gasteiger partial charge in [-0.15, -0.1) is 0 Å². The minimum Gasteiger partial charge on any atom is -0.460 e. The predicted octanol–water partition coefficient (Wildman–Crippen LogP) is 2.05. The van der Waals surface area contributed by atoms with Crippen LogP contribution in [0.1, 0.15) is 45.2 Å². The molecular weight excluding hydrogens is 874 g/mol. The van der Waals surface area contributed by atoms with Crippen molar-refractivity contribution >= 4 is 60.1 Å². The summed E-state index contributed by atoms with van der Waals surface area (Å²) in [5, 5.41) is 28.0. The van der Waals surface area contributed by atoms with Crippen LogP contribution in [-0.2, 0) is 44.4 Å². The van der Waals surface area contributed by atoms with E-state index in [0.29, 0.717) is 12.6 Å². The summed E-state index contributed by atoms with van der Waals surface area (Å²) in [4.78, 5) is 64.0. The number of aliphatic hydroxyl groups excluding tert-OH is 2. The van der Waals surface area contributed by atoms with Crippen molar-refractivity contribution < 1.29 is 42.8 Å². The van der Waals surface area contributed by atoms with Crippen molar-refractivity contribution in [1.29, 1.82) is 0 Å². The molecule has 5 aromatic rings. The summed E-state index contributed by atoms with van der Waals surface area (Å²) in [6, 6.07) is 20.8. The van der Waals surface area contributed by atoms with E-state index < -0.39 is 87.2 Å². The number of aromatic nitrogens is 6. The van der Waals surface area contributed by atoms with E-state index >= 15 is 0 Å². The number of nitrogens with one attached hydrogen (secondary N) is 3. The lowest BCUT2D eigenvalue weighted by Gasteiger charge is -2.32. The number of ether oxygens (including phenoxy) is 3. The summed E-state index contributed by atoms with van der Waals surface area (Å²) in [7, 11) is -2.48. The van der Waals surface area contributed by atoms with Crippen molar-refractivity contribution in [3.63, 3.8) is 0 Å². The Morgan fingerprint density at radius 2 is 1.70 bits per heavy atom. The summed E-state index contributed by atoms with van der Waals surface area (Å²) >= 11 is 6.12. The van der Waals surface area contributed by atoms with Crippen molar-refractivity contribution in [3.05, 3.63) is 110 Å². The van der Waals surface area contributed by atoms with Gasteiger partial charge in [-0.2, -0.15) is 4.98 Å². The minimum absolute atomic E-state index is 0.00290. The summed E-state index contributed by atoms with van der Waals surface area (Å²) in [6.07, 6.45) is -5.42. The number of aliphatic hydroxyl groups is 2. The van der Waals surface area contributed by atoms with Crippen LogP contribution in [-0.4, -0.2) is 110 Å². The van der Waals surface area contributed by atoms with Gasteiger partial charge in [0.1, 0.15) is 44.8 Å². The molecule has 0 bridgehead atoms. The number of anilines is 1.